The van der Waals surface area contributed by atoms with Crippen LogP contribution in [0.25, 0.3) is 11.0 Å². The molecule has 0 amide bonds. The van der Waals surface area contributed by atoms with E-state index in [1.165, 1.54) is 5.56 Å². The van der Waals surface area contributed by atoms with E-state index in [9.17, 15) is 4.79 Å². The first-order valence-electron chi connectivity index (χ1n) is 5.71. The molecule has 0 aliphatic carbocycles. The summed E-state index contributed by atoms with van der Waals surface area (Å²) >= 11 is 0. The van der Waals surface area contributed by atoms with E-state index in [0.29, 0.717) is 17.2 Å². The number of fused-ring (bicyclic) bond motifs is 1. The molecule has 1 aromatic carbocycles. The summed E-state index contributed by atoms with van der Waals surface area (Å²) in [4.78, 5) is 10.7. The lowest BCUT2D eigenvalue weighted by atomic mass is 9.97. The molecular formula is C13H15NO3. The van der Waals surface area contributed by atoms with Gasteiger partial charge in [-0.25, -0.2) is 0 Å². The van der Waals surface area contributed by atoms with E-state index in [4.69, 9.17) is 9.63 Å². The van der Waals surface area contributed by atoms with Crippen molar-refractivity contribution in [2.75, 3.05) is 0 Å². The Balaban J connectivity index is 2.46. The third kappa shape index (κ3) is 2.30. The third-order valence-electron chi connectivity index (χ3n) is 3.07. The Morgan fingerprint density at radius 1 is 1.53 bits per heavy atom. The van der Waals surface area contributed by atoms with Crippen LogP contribution < -0.4 is 0 Å². The summed E-state index contributed by atoms with van der Waals surface area (Å²) in [5, 5.41) is 13.4. The van der Waals surface area contributed by atoms with E-state index in [2.05, 4.69) is 19.0 Å². The van der Waals surface area contributed by atoms with Crippen LogP contribution in [0.1, 0.15) is 37.4 Å². The molecule has 2 rings (SSSR count). The summed E-state index contributed by atoms with van der Waals surface area (Å²) in [6.07, 6.45) is 0.946. The summed E-state index contributed by atoms with van der Waals surface area (Å²) in [6.45, 7) is 4.27. The highest BCUT2D eigenvalue weighted by molar-refractivity contribution is 5.84. The number of aromatic nitrogens is 1. The number of benzene rings is 1. The topological polar surface area (TPSA) is 63.3 Å². The maximum absolute atomic E-state index is 10.7. The van der Waals surface area contributed by atoms with Gasteiger partial charge in [0, 0.05) is 5.39 Å². The fraction of sp³-hybridized carbons (Fsp3) is 0.385. The van der Waals surface area contributed by atoms with Gasteiger partial charge in [0.25, 0.3) is 0 Å². The zero-order valence-electron chi connectivity index (χ0n) is 9.93. The molecule has 0 radical (unpaired) electrons. The summed E-state index contributed by atoms with van der Waals surface area (Å²) in [7, 11) is 0. The fourth-order valence-electron chi connectivity index (χ4n) is 1.82. The molecule has 1 aromatic heterocycles. The molecule has 1 heterocycles. The van der Waals surface area contributed by atoms with Crippen LogP contribution in [0.5, 0.6) is 0 Å². The van der Waals surface area contributed by atoms with Crippen LogP contribution in [0.15, 0.2) is 22.7 Å². The van der Waals surface area contributed by atoms with Crippen molar-refractivity contribution in [2.45, 2.75) is 32.6 Å². The second-order valence-corrected chi connectivity index (χ2v) is 4.26. The first-order chi connectivity index (χ1) is 8.11. The van der Waals surface area contributed by atoms with Gasteiger partial charge < -0.3 is 9.63 Å². The van der Waals surface area contributed by atoms with E-state index >= 15 is 0 Å². The zero-order chi connectivity index (χ0) is 12.4. The molecule has 0 fully saturated rings. The molecule has 0 aliphatic heterocycles. The van der Waals surface area contributed by atoms with E-state index in [-0.39, 0.29) is 6.42 Å². The summed E-state index contributed by atoms with van der Waals surface area (Å²) in [5.41, 5.74) is 2.33. The Labute approximate surface area is 99.2 Å². The lowest BCUT2D eigenvalue weighted by Crippen LogP contribution is -2.00. The Bertz CT molecular complexity index is 545. The van der Waals surface area contributed by atoms with Gasteiger partial charge >= 0.3 is 5.97 Å². The molecule has 0 bridgehead atoms. The monoisotopic (exact) mass is 233 g/mol. The third-order valence-corrected chi connectivity index (χ3v) is 3.07. The minimum Gasteiger partial charge on any atom is -0.481 e. The molecule has 0 aliphatic rings. The molecule has 4 nitrogen and oxygen atoms in total. The average Bonchev–Trinajstić information content (AvgIpc) is 2.70. The quantitative estimate of drug-likeness (QED) is 0.881. The summed E-state index contributed by atoms with van der Waals surface area (Å²) in [5.74, 6) is -0.443. The van der Waals surface area contributed by atoms with Crippen molar-refractivity contribution in [2.24, 2.45) is 0 Å². The zero-order valence-corrected chi connectivity index (χ0v) is 9.93. The number of carbonyl (C=O) groups is 1. The molecule has 4 heteroatoms. The average molecular weight is 233 g/mol. The maximum Gasteiger partial charge on any atom is 0.309 e. The standard InChI is InChI=1S/C13H15NO3/c1-3-8(2)9-4-5-12-10(6-9)11(14-17-12)7-13(15)16/h4-6,8H,3,7H2,1-2H3,(H,15,16). The van der Waals surface area contributed by atoms with Crippen molar-refractivity contribution >= 4 is 16.9 Å². The maximum atomic E-state index is 10.7. The van der Waals surface area contributed by atoms with E-state index in [1.807, 2.05) is 18.2 Å². The van der Waals surface area contributed by atoms with Gasteiger partial charge in [0.15, 0.2) is 5.58 Å². The normalized spacial score (nSPS) is 12.8. The van der Waals surface area contributed by atoms with Crippen LogP contribution in [0.3, 0.4) is 0 Å². The van der Waals surface area contributed by atoms with E-state index < -0.39 is 5.97 Å². The minimum absolute atomic E-state index is 0.100. The van der Waals surface area contributed by atoms with Crippen molar-refractivity contribution in [1.82, 2.24) is 5.16 Å². The Kier molecular flexibility index (Phi) is 3.13. The smallest absolute Gasteiger partial charge is 0.309 e. The van der Waals surface area contributed by atoms with Crippen LogP contribution in [-0.2, 0) is 11.2 Å². The van der Waals surface area contributed by atoms with Crippen LogP contribution in [0.2, 0.25) is 0 Å². The molecule has 1 N–H and O–H groups in total. The van der Waals surface area contributed by atoms with Gasteiger partial charge in [0.05, 0.1) is 6.42 Å². The van der Waals surface area contributed by atoms with Gasteiger partial charge in [0.1, 0.15) is 5.69 Å². The second kappa shape index (κ2) is 4.57. The van der Waals surface area contributed by atoms with Crippen molar-refractivity contribution in [3.8, 4) is 0 Å². The Morgan fingerprint density at radius 3 is 2.94 bits per heavy atom. The van der Waals surface area contributed by atoms with E-state index in [0.717, 1.165) is 11.8 Å². The molecule has 1 atom stereocenters. The molecule has 1 unspecified atom stereocenters. The molecule has 90 valence electrons. The molecular weight excluding hydrogens is 218 g/mol. The van der Waals surface area contributed by atoms with Crippen molar-refractivity contribution < 1.29 is 14.4 Å². The highest BCUT2D eigenvalue weighted by Crippen LogP contribution is 2.25. The van der Waals surface area contributed by atoms with Crippen molar-refractivity contribution in [3.63, 3.8) is 0 Å². The lowest BCUT2D eigenvalue weighted by molar-refractivity contribution is -0.136. The predicted molar refractivity (Wildman–Crippen MR) is 64.1 cm³/mol. The highest BCUT2D eigenvalue weighted by Gasteiger charge is 2.13. The summed E-state index contributed by atoms with van der Waals surface area (Å²) in [6, 6.07) is 5.85. The minimum atomic E-state index is -0.894. The molecule has 2 aromatic rings. The van der Waals surface area contributed by atoms with Gasteiger partial charge in [-0.2, -0.15) is 0 Å². The molecule has 0 saturated carbocycles. The number of aliphatic carboxylic acids is 1. The number of rotatable bonds is 4. The lowest BCUT2D eigenvalue weighted by Gasteiger charge is -2.08. The first-order valence-corrected chi connectivity index (χ1v) is 5.71. The summed E-state index contributed by atoms with van der Waals surface area (Å²) < 4.78 is 5.10. The number of hydrogen-bond donors (Lipinski definition) is 1. The van der Waals surface area contributed by atoms with Crippen LogP contribution in [0, 0.1) is 0 Å². The molecule has 0 saturated heterocycles. The van der Waals surface area contributed by atoms with Gasteiger partial charge in [0.2, 0.25) is 0 Å². The first kappa shape index (κ1) is 11.6. The SMILES string of the molecule is CCC(C)c1ccc2onc(CC(=O)O)c2c1. The van der Waals surface area contributed by atoms with Crippen LogP contribution >= 0.6 is 0 Å². The second-order valence-electron chi connectivity index (χ2n) is 4.26. The van der Waals surface area contributed by atoms with Gasteiger partial charge in [-0.3, -0.25) is 4.79 Å². The van der Waals surface area contributed by atoms with Crippen LogP contribution in [0.4, 0.5) is 0 Å². The van der Waals surface area contributed by atoms with Crippen LogP contribution in [-0.4, -0.2) is 16.2 Å². The van der Waals surface area contributed by atoms with Gasteiger partial charge in [-0.15, -0.1) is 0 Å². The number of carboxylic acids is 1. The van der Waals surface area contributed by atoms with Crippen molar-refractivity contribution in [1.29, 1.82) is 0 Å². The highest BCUT2D eigenvalue weighted by atomic mass is 16.5. The largest absolute Gasteiger partial charge is 0.481 e. The van der Waals surface area contributed by atoms with Gasteiger partial charge in [-0.1, -0.05) is 25.1 Å². The van der Waals surface area contributed by atoms with Gasteiger partial charge in [-0.05, 0) is 30.0 Å². The van der Waals surface area contributed by atoms with E-state index in [1.54, 1.807) is 0 Å². The Morgan fingerprint density at radius 2 is 2.29 bits per heavy atom. The Hall–Kier alpha value is -1.84. The number of hydrogen-bond acceptors (Lipinski definition) is 3. The fourth-order valence-corrected chi connectivity index (χ4v) is 1.82. The molecule has 17 heavy (non-hydrogen) atoms. The molecule has 0 spiro atoms. The number of nitrogens with zero attached hydrogens (tertiary/aromatic N) is 1. The van der Waals surface area contributed by atoms with Crippen molar-refractivity contribution in [3.05, 3.63) is 29.5 Å². The predicted octanol–water partition coefficient (Wildman–Crippen LogP) is 2.97. The number of carboxylic acid groups (broad SMARTS) is 1.